The highest BCUT2D eigenvalue weighted by molar-refractivity contribution is 5.85. The van der Waals surface area contributed by atoms with Gasteiger partial charge in [-0.25, -0.2) is 19.6 Å². The SMILES string of the molecule is N#Cc1ccc(Nc2ncnc3c(=N)n(N)cnc23)cc1. The molecule has 8 nitrogen and oxygen atoms in total. The predicted molar refractivity (Wildman–Crippen MR) is 75.8 cm³/mol. The van der Waals surface area contributed by atoms with Crippen LogP contribution in [-0.2, 0) is 0 Å². The maximum absolute atomic E-state index is 8.78. The van der Waals surface area contributed by atoms with Crippen LogP contribution in [0, 0.1) is 16.7 Å². The van der Waals surface area contributed by atoms with E-state index in [0.29, 0.717) is 22.4 Å². The standard InChI is InChI=1S/C13H10N8/c14-5-8-1-3-9(4-2-8)20-13-11-10(17-6-18-13)12(15)21(16)7-19-11/h1-4,6-7,15H,16H2,(H,17,18,20). The highest BCUT2D eigenvalue weighted by Gasteiger charge is 2.08. The van der Waals surface area contributed by atoms with Crippen LogP contribution < -0.4 is 16.6 Å². The fourth-order valence-electron chi connectivity index (χ4n) is 1.83. The summed E-state index contributed by atoms with van der Waals surface area (Å²) in [4.78, 5) is 12.3. The molecule has 0 atom stereocenters. The number of rotatable bonds is 2. The fraction of sp³-hybridized carbons (Fsp3) is 0. The van der Waals surface area contributed by atoms with Crippen molar-refractivity contribution in [1.82, 2.24) is 19.6 Å². The molecule has 0 aliphatic heterocycles. The number of anilines is 2. The van der Waals surface area contributed by atoms with Crippen molar-refractivity contribution in [2.75, 3.05) is 11.2 Å². The number of nitriles is 1. The van der Waals surface area contributed by atoms with Gasteiger partial charge in [0.25, 0.3) is 0 Å². The first kappa shape index (κ1) is 12.6. The molecule has 4 N–H and O–H groups in total. The molecule has 21 heavy (non-hydrogen) atoms. The van der Waals surface area contributed by atoms with Crippen molar-refractivity contribution in [3.05, 3.63) is 48.0 Å². The first-order valence-electron chi connectivity index (χ1n) is 5.98. The van der Waals surface area contributed by atoms with E-state index in [1.807, 2.05) is 0 Å². The molecule has 2 heterocycles. The van der Waals surface area contributed by atoms with Crippen molar-refractivity contribution in [2.24, 2.45) is 0 Å². The van der Waals surface area contributed by atoms with E-state index >= 15 is 0 Å². The van der Waals surface area contributed by atoms with Crippen molar-refractivity contribution < 1.29 is 0 Å². The van der Waals surface area contributed by atoms with Gasteiger partial charge in [0.05, 0.1) is 11.6 Å². The summed E-state index contributed by atoms with van der Waals surface area (Å²) in [6, 6.07) is 8.98. The summed E-state index contributed by atoms with van der Waals surface area (Å²) in [5.74, 6) is 6.05. The maximum atomic E-state index is 8.78. The van der Waals surface area contributed by atoms with E-state index in [0.717, 1.165) is 10.4 Å². The minimum atomic E-state index is 0.0466. The topological polar surface area (TPSA) is 129 Å². The number of nitrogens with one attached hydrogen (secondary N) is 2. The van der Waals surface area contributed by atoms with Gasteiger partial charge in [0.1, 0.15) is 23.7 Å². The molecule has 3 aromatic rings. The molecule has 2 aromatic heterocycles. The Morgan fingerprint density at radius 2 is 1.90 bits per heavy atom. The number of fused-ring (bicyclic) bond motifs is 1. The molecule has 0 radical (unpaired) electrons. The van der Waals surface area contributed by atoms with Gasteiger partial charge in [-0.3, -0.25) is 5.41 Å². The molecule has 3 rings (SSSR count). The molecule has 0 unspecified atom stereocenters. The van der Waals surface area contributed by atoms with Gasteiger partial charge in [0.2, 0.25) is 0 Å². The fourth-order valence-corrected chi connectivity index (χ4v) is 1.83. The maximum Gasteiger partial charge on any atom is 0.173 e. The van der Waals surface area contributed by atoms with Gasteiger partial charge in [-0.05, 0) is 24.3 Å². The van der Waals surface area contributed by atoms with Crippen LogP contribution in [0.25, 0.3) is 11.0 Å². The van der Waals surface area contributed by atoms with Crippen LogP contribution in [-0.4, -0.2) is 19.6 Å². The lowest BCUT2D eigenvalue weighted by molar-refractivity contribution is 0.859. The Kier molecular flexibility index (Phi) is 2.93. The van der Waals surface area contributed by atoms with Crippen LogP contribution in [0.2, 0.25) is 0 Å². The summed E-state index contributed by atoms with van der Waals surface area (Å²) in [5, 5.41) is 19.7. The minimum absolute atomic E-state index is 0.0466. The van der Waals surface area contributed by atoms with Crippen molar-refractivity contribution in [3.8, 4) is 6.07 Å². The molecule has 0 saturated carbocycles. The molecular formula is C13H10N8. The molecular weight excluding hydrogens is 268 g/mol. The predicted octanol–water partition coefficient (Wildman–Crippen LogP) is 0.635. The lowest BCUT2D eigenvalue weighted by Gasteiger charge is -2.08. The zero-order valence-corrected chi connectivity index (χ0v) is 10.8. The second-order valence-electron chi connectivity index (χ2n) is 4.23. The molecule has 102 valence electrons. The highest BCUT2D eigenvalue weighted by Crippen LogP contribution is 2.19. The zero-order chi connectivity index (χ0) is 14.8. The average Bonchev–Trinajstić information content (AvgIpc) is 2.52. The Hall–Kier alpha value is -3.47. The van der Waals surface area contributed by atoms with Crippen molar-refractivity contribution in [1.29, 1.82) is 10.7 Å². The van der Waals surface area contributed by atoms with E-state index in [2.05, 4.69) is 26.3 Å². The van der Waals surface area contributed by atoms with Crippen molar-refractivity contribution >= 4 is 22.5 Å². The largest absolute Gasteiger partial charge is 0.338 e. The van der Waals surface area contributed by atoms with E-state index in [1.165, 1.54) is 12.7 Å². The molecule has 0 aliphatic carbocycles. The molecule has 8 heteroatoms. The van der Waals surface area contributed by atoms with Crippen molar-refractivity contribution in [3.63, 3.8) is 0 Å². The van der Waals surface area contributed by atoms with Crippen LogP contribution in [0.1, 0.15) is 5.56 Å². The summed E-state index contributed by atoms with van der Waals surface area (Å²) >= 11 is 0. The van der Waals surface area contributed by atoms with Crippen molar-refractivity contribution in [2.45, 2.75) is 0 Å². The second kappa shape index (κ2) is 4.90. The lowest BCUT2D eigenvalue weighted by Crippen LogP contribution is -2.28. The third-order valence-corrected chi connectivity index (χ3v) is 2.89. The summed E-state index contributed by atoms with van der Waals surface area (Å²) in [7, 11) is 0. The number of hydrogen-bond acceptors (Lipinski definition) is 7. The number of nitrogen functional groups attached to an aromatic ring is 1. The molecule has 0 spiro atoms. The summed E-state index contributed by atoms with van der Waals surface area (Å²) in [5.41, 5.74) is 2.18. The Balaban J connectivity index is 2.06. The Labute approximate surface area is 119 Å². The first-order chi connectivity index (χ1) is 10.2. The summed E-state index contributed by atoms with van der Waals surface area (Å²) in [6.07, 6.45) is 2.67. The third kappa shape index (κ3) is 2.23. The zero-order valence-electron chi connectivity index (χ0n) is 10.8. The van der Waals surface area contributed by atoms with Gasteiger partial charge in [0, 0.05) is 5.69 Å². The number of nitrogens with zero attached hydrogens (tertiary/aromatic N) is 5. The Bertz CT molecular complexity index is 904. The van der Waals surface area contributed by atoms with Crippen LogP contribution in [0.3, 0.4) is 0 Å². The lowest BCUT2D eigenvalue weighted by atomic mass is 10.2. The molecule has 0 saturated heterocycles. The molecule has 0 bridgehead atoms. The number of hydrogen-bond donors (Lipinski definition) is 3. The van der Waals surface area contributed by atoms with Gasteiger partial charge < -0.3 is 11.2 Å². The van der Waals surface area contributed by atoms with E-state index in [4.69, 9.17) is 16.5 Å². The van der Waals surface area contributed by atoms with E-state index in [1.54, 1.807) is 24.3 Å². The second-order valence-corrected chi connectivity index (χ2v) is 4.23. The summed E-state index contributed by atoms with van der Waals surface area (Å²) < 4.78 is 1.08. The molecule has 1 aromatic carbocycles. The van der Waals surface area contributed by atoms with Gasteiger partial charge in [0.15, 0.2) is 11.3 Å². The van der Waals surface area contributed by atoms with E-state index in [9.17, 15) is 0 Å². The minimum Gasteiger partial charge on any atom is -0.338 e. The van der Waals surface area contributed by atoms with E-state index in [-0.39, 0.29) is 5.49 Å². The smallest absolute Gasteiger partial charge is 0.173 e. The normalized spacial score (nSPS) is 10.2. The Morgan fingerprint density at radius 1 is 1.14 bits per heavy atom. The van der Waals surface area contributed by atoms with Gasteiger partial charge in [-0.1, -0.05) is 0 Å². The van der Waals surface area contributed by atoms with Crippen LogP contribution in [0.5, 0.6) is 0 Å². The average molecular weight is 278 g/mol. The van der Waals surface area contributed by atoms with Gasteiger partial charge in [-0.2, -0.15) is 5.26 Å². The number of nitrogens with two attached hydrogens (primary N) is 1. The van der Waals surface area contributed by atoms with Gasteiger partial charge in [-0.15, -0.1) is 0 Å². The Morgan fingerprint density at radius 3 is 2.62 bits per heavy atom. The molecule has 0 amide bonds. The van der Waals surface area contributed by atoms with Crippen LogP contribution >= 0.6 is 0 Å². The highest BCUT2D eigenvalue weighted by atomic mass is 15.3. The summed E-state index contributed by atoms with van der Waals surface area (Å²) in [6.45, 7) is 0. The number of benzene rings is 1. The number of aromatic nitrogens is 4. The first-order valence-corrected chi connectivity index (χ1v) is 5.98. The van der Waals surface area contributed by atoms with Crippen LogP contribution in [0.15, 0.2) is 36.9 Å². The van der Waals surface area contributed by atoms with Crippen LogP contribution in [0.4, 0.5) is 11.5 Å². The quantitative estimate of drug-likeness (QED) is 0.590. The monoisotopic (exact) mass is 278 g/mol. The van der Waals surface area contributed by atoms with Gasteiger partial charge >= 0.3 is 0 Å². The molecule has 0 fully saturated rings. The molecule has 0 aliphatic rings. The van der Waals surface area contributed by atoms with E-state index < -0.39 is 0 Å². The third-order valence-electron chi connectivity index (χ3n) is 2.89.